The Morgan fingerprint density at radius 3 is 2.23 bits per heavy atom. The highest BCUT2D eigenvalue weighted by atomic mass is 16.6. The van der Waals surface area contributed by atoms with Crippen LogP contribution in [0.5, 0.6) is 0 Å². The van der Waals surface area contributed by atoms with Gasteiger partial charge in [-0.05, 0) is 56.2 Å². The van der Waals surface area contributed by atoms with E-state index in [-0.39, 0.29) is 24.6 Å². The van der Waals surface area contributed by atoms with E-state index < -0.39 is 12.2 Å². The highest BCUT2D eigenvalue weighted by Crippen LogP contribution is 2.39. The minimum atomic E-state index is -0.487. The van der Waals surface area contributed by atoms with Crippen LogP contribution in [0.2, 0.25) is 0 Å². The van der Waals surface area contributed by atoms with E-state index in [1.165, 1.54) is 7.11 Å². The molecule has 4 rings (SSSR count). The first-order valence-corrected chi connectivity index (χ1v) is 11.9. The van der Waals surface area contributed by atoms with Crippen LogP contribution < -0.4 is 15.1 Å². The third-order valence-electron chi connectivity index (χ3n) is 6.21. The predicted octanol–water partition coefficient (Wildman–Crippen LogP) is 3.73. The lowest BCUT2D eigenvalue weighted by Gasteiger charge is -2.40. The second kappa shape index (κ2) is 10.4. The largest absolute Gasteiger partial charge is 0.452 e. The van der Waals surface area contributed by atoms with Crippen LogP contribution in [-0.2, 0) is 9.47 Å². The number of rotatable bonds is 3. The first-order valence-electron chi connectivity index (χ1n) is 11.9. The molecule has 1 N–H and O–H groups in total. The number of carbonyl (C=O) groups excluding carboxylic acids is 3. The topological polar surface area (TPSA) is 91.4 Å². The normalized spacial score (nSPS) is 17.7. The molecule has 2 aliphatic rings. The molecule has 2 aromatic carbocycles. The van der Waals surface area contributed by atoms with Gasteiger partial charge in [-0.2, -0.15) is 0 Å². The van der Waals surface area contributed by atoms with Gasteiger partial charge in [0.25, 0.3) is 5.91 Å². The van der Waals surface area contributed by atoms with E-state index in [4.69, 9.17) is 9.47 Å². The van der Waals surface area contributed by atoms with Crippen LogP contribution in [0.25, 0.3) is 11.1 Å². The molecule has 1 unspecified atom stereocenters. The molecule has 9 nitrogen and oxygen atoms in total. The lowest BCUT2D eigenvalue weighted by molar-refractivity contribution is 0.0735. The summed E-state index contributed by atoms with van der Waals surface area (Å²) >= 11 is 0. The fourth-order valence-electron chi connectivity index (χ4n) is 4.48. The van der Waals surface area contributed by atoms with Crippen molar-refractivity contribution in [3.05, 3.63) is 48.0 Å². The molecule has 0 radical (unpaired) electrons. The Morgan fingerprint density at radius 2 is 1.60 bits per heavy atom. The molecule has 0 aromatic heterocycles. The van der Waals surface area contributed by atoms with Gasteiger partial charge in [0.2, 0.25) is 0 Å². The van der Waals surface area contributed by atoms with Crippen molar-refractivity contribution in [2.45, 2.75) is 32.9 Å². The molecule has 35 heavy (non-hydrogen) atoms. The Morgan fingerprint density at radius 1 is 0.943 bits per heavy atom. The van der Waals surface area contributed by atoms with Gasteiger partial charge in [-0.15, -0.1) is 0 Å². The Balaban J connectivity index is 1.66. The van der Waals surface area contributed by atoms with E-state index in [1.807, 2.05) is 54.3 Å². The van der Waals surface area contributed by atoms with Crippen molar-refractivity contribution in [3.63, 3.8) is 0 Å². The van der Waals surface area contributed by atoms with Gasteiger partial charge in [-0.25, -0.2) is 9.59 Å². The van der Waals surface area contributed by atoms with Gasteiger partial charge in [-0.1, -0.05) is 18.2 Å². The summed E-state index contributed by atoms with van der Waals surface area (Å²) in [6, 6.07) is 12.7. The van der Waals surface area contributed by atoms with Gasteiger partial charge < -0.3 is 19.7 Å². The Hall–Kier alpha value is -3.59. The predicted molar refractivity (Wildman–Crippen MR) is 134 cm³/mol. The number of hydrogen-bond acceptors (Lipinski definition) is 6. The molecule has 186 valence electrons. The third-order valence-corrected chi connectivity index (χ3v) is 6.21. The zero-order valence-electron chi connectivity index (χ0n) is 20.6. The maximum atomic E-state index is 12.9. The van der Waals surface area contributed by atoms with Crippen LogP contribution in [0.15, 0.2) is 42.5 Å². The van der Waals surface area contributed by atoms with E-state index in [0.717, 1.165) is 24.2 Å². The quantitative estimate of drug-likeness (QED) is 0.720. The number of ether oxygens (including phenoxy) is 2. The molecule has 1 saturated heterocycles. The van der Waals surface area contributed by atoms with Gasteiger partial charge in [-0.3, -0.25) is 14.6 Å². The lowest BCUT2D eigenvalue weighted by Crippen LogP contribution is -2.52. The highest BCUT2D eigenvalue weighted by molar-refractivity contribution is 6.02. The lowest BCUT2D eigenvalue weighted by atomic mass is 10.00. The number of methoxy groups -OCH3 is 1. The fraction of sp³-hybridized carbons (Fsp3) is 0.423. The van der Waals surface area contributed by atoms with E-state index in [1.54, 1.807) is 23.6 Å². The number of hydrogen-bond donors (Lipinski definition) is 1. The third kappa shape index (κ3) is 5.09. The van der Waals surface area contributed by atoms with Gasteiger partial charge in [0.05, 0.1) is 37.2 Å². The number of piperazine rings is 1. The molecule has 0 saturated carbocycles. The Bertz CT molecular complexity index is 1100. The molecular weight excluding hydrogens is 448 g/mol. The first kappa shape index (κ1) is 24.5. The first-order chi connectivity index (χ1) is 16.8. The molecule has 9 heteroatoms. The number of amides is 3. The molecule has 0 spiro atoms. The van der Waals surface area contributed by atoms with Crippen LogP contribution in [0, 0.1) is 0 Å². The minimum absolute atomic E-state index is 0.0220. The number of nitrogens with zero attached hydrogens (tertiary/aromatic N) is 3. The monoisotopic (exact) mass is 480 g/mol. The molecule has 1 fully saturated rings. The van der Waals surface area contributed by atoms with E-state index in [0.29, 0.717) is 30.0 Å². The average Bonchev–Trinajstić information content (AvgIpc) is 2.87. The van der Waals surface area contributed by atoms with Crippen LogP contribution in [0.3, 0.4) is 0 Å². The molecule has 0 aliphatic carbocycles. The van der Waals surface area contributed by atoms with Crippen molar-refractivity contribution in [1.29, 1.82) is 0 Å². The van der Waals surface area contributed by atoms with Crippen molar-refractivity contribution in [2.75, 3.05) is 49.6 Å². The molecule has 2 aliphatic heterocycles. The zero-order chi connectivity index (χ0) is 25.1. The van der Waals surface area contributed by atoms with E-state index in [9.17, 15) is 14.4 Å². The molecule has 2 heterocycles. The van der Waals surface area contributed by atoms with Crippen LogP contribution in [0.4, 0.5) is 21.0 Å². The standard InChI is InChI=1S/C26H32N4O5/c1-17(2)35-25(32)29-16-18(3)30(26(33)34-4)22-10-9-21(15-23(22)29)19-5-7-20(8-6-19)24(31)28-13-11-27-12-14-28/h5-10,15,17-18,27H,11-14,16H2,1-4H3. The molecule has 3 amide bonds. The summed E-state index contributed by atoms with van der Waals surface area (Å²) in [4.78, 5) is 43.2. The summed E-state index contributed by atoms with van der Waals surface area (Å²) in [5.41, 5.74) is 3.53. The second-order valence-electron chi connectivity index (χ2n) is 9.06. The number of nitrogens with one attached hydrogen (secondary N) is 1. The van der Waals surface area contributed by atoms with E-state index >= 15 is 0 Å². The van der Waals surface area contributed by atoms with Crippen molar-refractivity contribution >= 4 is 29.5 Å². The van der Waals surface area contributed by atoms with Crippen LogP contribution in [-0.4, -0.2) is 75.0 Å². The van der Waals surface area contributed by atoms with Crippen molar-refractivity contribution in [1.82, 2.24) is 10.2 Å². The summed E-state index contributed by atoms with van der Waals surface area (Å²) in [5.74, 6) is 0.0220. The fourth-order valence-corrected chi connectivity index (χ4v) is 4.48. The zero-order valence-corrected chi connectivity index (χ0v) is 20.6. The minimum Gasteiger partial charge on any atom is -0.452 e. The summed E-state index contributed by atoms with van der Waals surface area (Å²) in [6.07, 6.45) is -1.23. The number of benzene rings is 2. The molecule has 0 bridgehead atoms. The SMILES string of the molecule is COC(=O)N1c2ccc(-c3ccc(C(=O)N4CCNCC4)cc3)cc2N(C(=O)OC(C)C)CC1C. The summed E-state index contributed by atoms with van der Waals surface area (Å²) in [6.45, 7) is 8.73. The van der Waals surface area contributed by atoms with Crippen LogP contribution in [0.1, 0.15) is 31.1 Å². The van der Waals surface area contributed by atoms with Gasteiger partial charge >= 0.3 is 12.2 Å². The molecule has 1 atom stereocenters. The Labute approximate surface area is 205 Å². The molecule has 2 aromatic rings. The van der Waals surface area contributed by atoms with Crippen molar-refractivity contribution in [3.8, 4) is 11.1 Å². The smallest absolute Gasteiger partial charge is 0.414 e. The van der Waals surface area contributed by atoms with E-state index in [2.05, 4.69) is 5.32 Å². The number of carbonyl (C=O) groups is 3. The van der Waals surface area contributed by atoms with Crippen LogP contribution >= 0.6 is 0 Å². The van der Waals surface area contributed by atoms with Gasteiger partial charge in [0.15, 0.2) is 0 Å². The van der Waals surface area contributed by atoms with Crippen molar-refractivity contribution in [2.24, 2.45) is 0 Å². The summed E-state index contributed by atoms with van der Waals surface area (Å²) in [5, 5.41) is 3.25. The molecular formula is C26H32N4O5. The van der Waals surface area contributed by atoms with Gasteiger partial charge in [0, 0.05) is 31.7 Å². The highest BCUT2D eigenvalue weighted by Gasteiger charge is 2.36. The second-order valence-corrected chi connectivity index (χ2v) is 9.06. The number of fused-ring (bicyclic) bond motifs is 1. The maximum Gasteiger partial charge on any atom is 0.414 e. The summed E-state index contributed by atoms with van der Waals surface area (Å²) in [7, 11) is 1.34. The number of anilines is 2. The van der Waals surface area contributed by atoms with Gasteiger partial charge in [0.1, 0.15) is 0 Å². The van der Waals surface area contributed by atoms with Crippen molar-refractivity contribution < 1.29 is 23.9 Å². The Kier molecular flexibility index (Phi) is 7.25. The maximum absolute atomic E-state index is 12.9. The summed E-state index contributed by atoms with van der Waals surface area (Å²) < 4.78 is 10.5. The average molecular weight is 481 g/mol.